The number of carboxylic acid groups (broad SMARTS) is 1. The molecule has 1 amide bonds. The molecule has 2 aliphatic rings. The van der Waals surface area contributed by atoms with Crippen molar-refractivity contribution in [2.75, 3.05) is 95.8 Å². The first-order valence-corrected chi connectivity index (χ1v) is 17.2. The van der Waals surface area contributed by atoms with Crippen LogP contribution in [-0.2, 0) is 29.9 Å². The number of nitrogens with one attached hydrogen (secondary N) is 1. The zero-order chi connectivity index (χ0) is 36.9. The Kier molecular flexibility index (Phi) is 14.2. The maximum atomic E-state index is 13.2. The molecule has 3 aromatic rings. The summed E-state index contributed by atoms with van der Waals surface area (Å²) >= 11 is 0. The van der Waals surface area contributed by atoms with Gasteiger partial charge in [-0.25, -0.2) is 9.78 Å². The van der Waals surface area contributed by atoms with Gasteiger partial charge in [0.2, 0.25) is 5.88 Å². The van der Waals surface area contributed by atoms with Crippen molar-refractivity contribution in [3.05, 3.63) is 65.6 Å². The number of aryl methyl sites for hydroxylation is 1. The molecule has 0 atom stereocenters. The number of carbonyl (C=O) groups excluding carboxylic acids is 1. The van der Waals surface area contributed by atoms with Crippen LogP contribution in [-0.4, -0.2) is 124 Å². The fourth-order valence-electron chi connectivity index (χ4n) is 5.84. The number of hydrogen-bond acceptors (Lipinski definition) is 11. The van der Waals surface area contributed by atoms with Crippen molar-refractivity contribution in [3.8, 4) is 17.0 Å². The van der Waals surface area contributed by atoms with Gasteiger partial charge in [0, 0.05) is 61.3 Å². The van der Waals surface area contributed by atoms with E-state index in [2.05, 4.69) is 20.1 Å². The summed E-state index contributed by atoms with van der Waals surface area (Å²) in [4.78, 5) is 37.0. The molecule has 0 saturated carbocycles. The van der Waals surface area contributed by atoms with E-state index in [0.717, 1.165) is 55.9 Å². The third-order valence-corrected chi connectivity index (χ3v) is 8.63. The van der Waals surface area contributed by atoms with Crippen molar-refractivity contribution in [1.29, 1.82) is 0 Å². The van der Waals surface area contributed by atoms with Gasteiger partial charge in [0.25, 0.3) is 5.91 Å². The molecule has 13 nitrogen and oxygen atoms in total. The van der Waals surface area contributed by atoms with Gasteiger partial charge in [0.1, 0.15) is 18.4 Å². The Balaban J connectivity index is 1.17. The van der Waals surface area contributed by atoms with Gasteiger partial charge >= 0.3 is 12.1 Å². The van der Waals surface area contributed by atoms with Crippen molar-refractivity contribution in [2.24, 2.45) is 0 Å². The van der Waals surface area contributed by atoms with E-state index in [1.807, 2.05) is 13.0 Å². The fourth-order valence-corrected chi connectivity index (χ4v) is 5.84. The number of alkyl halides is 3. The van der Waals surface area contributed by atoms with Gasteiger partial charge in [0.05, 0.1) is 63.7 Å². The van der Waals surface area contributed by atoms with Crippen molar-refractivity contribution in [3.63, 3.8) is 0 Å². The zero-order valence-corrected chi connectivity index (χ0v) is 29.0. The van der Waals surface area contributed by atoms with Crippen molar-refractivity contribution in [1.82, 2.24) is 14.9 Å². The highest BCUT2D eigenvalue weighted by atomic mass is 19.4. The van der Waals surface area contributed by atoms with Crippen molar-refractivity contribution < 1.29 is 51.6 Å². The normalized spacial score (nSPS) is 15.8. The Labute approximate surface area is 300 Å². The van der Waals surface area contributed by atoms with Gasteiger partial charge in [-0.15, -0.1) is 0 Å². The minimum Gasteiger partial charge on any atom is -0.480 e. The molecule has 0 unspecified atom stereocenters. The first kappa shape index (κ1) is 38.9. The van der Waals surface area contributed by atoms with E-state index in [9.17, 15) is 22.8 Å². The number of nitrogens with zero attached hydrogens (tertiary/aromatic N) is 4. The molecule has 0 radical (unpaired) electrons. The largest absolute Gasteiger partial charge is 0.480 e. The second-order valence-corrected chi connectivity index (χ2v) is 12.4. The summed E-state index contributed by atoms with van der Waals surface area (Å²) in [5.74, 6) is -1.16. The van der Waals surface area contributed by atoms with Crippen LogP contribution >= 0.6 is 0 Å². The summed E-state index contributed by atoms with van der Waals surface area (Å²) in [5, 5.41) is 11.2. The van der Waals surface area contributed by atoms with Gasteiger partial charge < -0.3 is 43.9 Å². The lowest BCUT2D eigenvalue weighted by Crippen LogP contribution is -2.40. The Bertz CT molecular complexity index is 1630. The number of benzene rings is 1. The maximum Gasteiger partial charge on any atom is 0.416 e. The number of hydrogen-bond donors (Lipinski definition) is 2. The number of aromatic nitrogens is 2. The van der Waals surface area contributed by atoms with E-state index in [-0.39, 0.29) is 24.9 Å². The first-order valence-electron chi connectivity index (χ1n) is 17.2. The monoisotopic (exact) mass is 731 g/mol. The minimum absolute atomic E-state index is 0.0233. The number of pyridine rings is 2. The van der Waals surface area contributed by atoms with Gasteiger partial charge in [-0.3, -0.25) is 9.78 Å². The van der Waals surface area contributed by atoms with Gasteiger partial charge in [-0.05, 0) is 50.1 Å². The molecular formula is C36H44F3N5O8. The zero-order valence-electron chi connectivity index (χ0n) is 29.0. The number of carboxylic acids is 1. The summed E-state index contributed by atoms with van der Waals surface area (Å²) in [7, 11) is 0. The number of carbonyl (C=O) groups is 2. The lowest BCUT2D eigenvalue weighted by Gasteiger charge is -2.34. The van der Waals surface area contributed by atoms with Gasteiger partial charge in [0.15, 0.2) is 0 Å². The SMILES string of the molecule is Cc1ncc(NC(=O)c2cccc(C(F)(F)F)c2)cc1-c1cnc(OC2CCN(CCOCCOCCOCC(=O)O)CC2)c(N2CCOCC2)c1. The molecule has 2 N–H and O–H groups in total. The molecule has 0 spiro atoms. The lowest BCUT2D eigenvalue weighted by atomic mass is 10.0. The molecule has 2 aromatic heterocycles. The average molecular weight is 732 g/mol. The van der Waals surface area contributed by atoms with E-state index in [1.54, 1.807) is 12.3 Å². The summed E-state index contributed by atoms with van der Waals surface area (Å²) < 4.78 is 67.7. The number of likely N-dealkylation sites (tertiary alicyclic amines) is 1. The predicted octanol–water partition coefficient (Wildman–Crippen LogP) is 4.54. The molecule has 2 aliphatic heterocycles. The van der Waals surface area contributed by atoms with Crippen LogP contribution in [0, 0.1) is 6.92 Å². The van der Waals surface area contributed by atoms with Gasteiger partial charge in [-0.2, -0.15) is 13.2 Å². The highest BCUT2D eigenvalue weighted by molar-refractivity contribution is 6.04. The number of anilines is 2. The van der Waals surface area contributed by atoms with E-state index < -0.39 is 23.6 Å². The minimum atomic E-state index is -4.56. The molecule has 52 heavy (non-hydrogen) atoms. The molecule has 282 valence electrons. The molecule has 0 bridgehead atoms. The first-order chi connectivity index (χ1) is 25.1. The number of amides is 1. The smallest absolute Gasteiger partial charge is 0.416 e. The lowest BCUT2D eigenvalue weighted by molar-refractivity contribution is -0.142. The quantitative estimate of drug-likeness (QED) is 0.188. The number of aliphatic carboxylic acids is 1. The Morgan fingerprint density at radius 3 is 2.37 bits per heavy atom. The summed E-state index contributed by atoms with van der Waals surface area (Å²) in [6, 6.07) is 8.00. The standard InChI is InChI=1S/C36H44F3N5O8/c1-25-31(21-29(23-40-25)42-34(47)26-3-2-4-28(19-26)36(37,38)39)27-20-32(44-10-13-48-14-11-44)35(41-22-27)52-30-5-7-43(8-6-30)9-12-49-15-16-50-17-18-51-24-33(45)46/h2-4,19-23,30H,5-18,24H2,1H3,(H,42,47)(H,45,46). The molecule has 5 rings (SSSR count). The number of morpholine rings is 1. The predicted molar refractivity (Wildman–Crippen MR) is 185 cm³/mol. The number of ether oxygens (including phenoxy) is 5. The van der Waals surface area contributed by atoms with Crippen LogP contribution in [0.25, 0.3) is 11.1 Å². The molecule has 1 aromatic carbocycles. The van der Waals surface area contributed by atoms with Crippen LogP contribution in [0.4, 0.5) is 24.5 Å². The fraction of sp³-hybridized carbons (Fsp3) is 0.500. The maximum absolute atomic E-state index is 13.2. The van der Waals surface area contributed by atoms with Crippen molar-refractivity contribution >= 4 is 23.3 Å². The second kappa shape index (κ2) is 18.9. The number of piperidine rings is 1. The second-order valence-electron chi connectivity index (χ2n) is 12.4. The summed E-state index contributed by atoms with van der Waals surface area (Å²) in [6.45, 7) is 8.38. The van der Waals surface area contributed by atoms with E-state index in [4.69, 9.17) is 33.8 Å². The number of rotatable bonds is 17. The van der Waals surface area contributed by atoms with Crippen LogP contribution in [0.15, 0.2) is 48.8 Å². The Morgan fingerprint density at radius 1 is 0.942 bits per heavy atom. The molecule has 2 saturated heterocycles. The molecular weight excluding hydrogens is 687 g/mol. The number of halogens is 3. The third kappa shape index (κ3) is 11.6. The molecule has 16 heteroatoms. The summed E-state index contributed by atoms with van der Waals surface area (Å²) in [5.41, 5.74) is 2.29. The van der Waals surface area contributed by atoms with E-state index in [0.29, 0.717) is 75.6 Å². The van der Waals surface area contributed by atoms with E-state index in [1.165, 1.54) is 18.3 Å². The molecule has 2 fully saturated rings. The Morgan fingerprint density at radius 2 is 1.65 bits per heavy atom. The summed E-state index contributed by atoms with van der Waals surface area (Å²) in [6.07, 6.45) is 0.234. The molecule has 0 aliphatic carbocycles. The molecule has 4 heterocycles. The highest BCUT2D eigenvalue weighted by Crippen LogP contribution is 2.35. The van der Waals surface area contributed by atoms with Crippen LogP contribution in [0.3, 0.4) is 0 Å². The highest BCUT2D eigenvalue weighted by Gasteiger charge is 2.31. The van der Waals surface area contributed by atoms with E-state index >= 15 is 0 Å². The van der Waals surface area contributed by atoms with Crippen LogP contribution in [0.1, 0.15) is 34.5 Å². The van der Waals surface area contributed by atoms with Crippen LogP contribution in [0.2, 0.25) is 0 Å². The van der Waals surface area contributed by atoms with Crippen LogP contribution in [0.5, 0.6) is 5.88 Å². The Hall–Kier alpha value is -4.35. The van der Waals surface area contributed by atoms with Crippen molar-refractivity contribution in [2.45, 2.75) is 32.0 Å². The average Bonchev–Trinajstić information content (AvgIpc) is 3.14. The van der Waals surface area contributed by atoms with Gasteiger partial charge in [-0.1, -0.05) is 6.07 Å². The third-order valence-electron chi connectivity index (χ3n) is 8.63. The van der Waals surface area contributed by atoms with Crippen LogP contribution < -0.4 is 15.0 Å². The topological polar surface area (TPSA) is 145 Å².